The Morgan fingerprint density at radius 1 is 1.38 bits per heavy atom. The van der Waals surface area contributed by atoms with Crippen LogP contribution in [0.25, 0.3) is 0 Å². The fourth-order valence-corrected chi connectivity index (χ4v) is 1.18. The van der Waals surface area contributed by atoms with Gasteiger partial charge in [0.15, 0.2) is 0 Å². The summed E-state index contributed by atoms with van der Waals surface area (Å²) in [5.41, 5.74) is 2.50. The van der Waals surface area contributed by atoms with Crippen molar-refractivity contribution in [3.05, 3.63) is 35.4 Å². The smallest absolute Gasteiger partial charge is 0.149 e. The molecule has 0 spiro atoms. The predicted octanol–water partition coefficient (Wildman–Crippen LogP) is 1.15. The van der Waals surface area contributed by atoms with Crippen molar-refractivity contribution in [2.24, 2.45) is 0 Å². The van der Waals surface area contributed by atoms with Crippen LogP contribution in [0.2, 0.25) is 0 Å². The molecule has 0 radical (unpaired) electrons. The number of hydrogen-bond donors (Lipinski definition) is 0. The second-order valence-corrected chi connectivity index (χ2v) is 3.51. The Morgan fingerprint density at radius 2 is 2.08 bits per heavy atom. The molecule has 0 aliphatic carbocycles. The Labute approximate surface area is 82.4 Å². The Hall–Kier alpha value is -0.643. The van der Waals surface area contributed by atoms with Crippen molar-refractivity contribution in [1.29, 1.82) is 0 Å². The number of rotatable bonds is 4. The monoisotopic (exact) mass is 196 g/mol. The lowest BCUT2D eigenvalue weighted by molar-refractivity contribution is -0.0724. The van der Waals surface area contributed by atoms with Crippen molar-refractivity contribution in [3.63, 3.8) is 0 Å². The number of hydrogen-bond acceptors (Lipinski definition) is 2. The lowest BCUT2D eigenvalue weighted by atomic mass is 10.1. The SMILES string of the molecule is Cc1ccccc1COC(C)O[SiH3]. The van der Waals surface area contributed by atoms with Crippen molar-refractivity contribution in [2.45, 2.75) is 26.7 Å². The number of benzene rings is 1. The third-order valence-corrected chi connectivity index (χ3v) is 2.73. The molecule has 0 fully saturated rings. The highest BCUT2D eigenvalue weighted by atomic mass is 28.2. The molecule has 13 heavy (non-hydrogen) atoms. The van der Waals surface area contributed by atoms with Crippen molar-refractivity contribution in [3.8, 4) is 0 Å². The molecular formula is C10H16O2Si. The fraction of sp³-hybridized carbons (Fsp3) is 0.400. The molecule has 1 aromatic rings. The Kier molecular flexibility index (Phi) is 4.15. The summed E-state index contributed by atoms with van der Waals surface area (Å²) in [6.45, 7) is 4.65. The Bertz CT molecular complexity index is 263. The van der Waals surface area contributed by atoms with E-state index in [0.29, 0.717) is 6.61 Å². The summed E-state index contributed by atoms with van der Waals surface area (Å²) in [5, 5.41) is 0. The minimum atomic E-state index is -0.0775. The molecule has 1 unspecified atom stereocenters. The first kappa shape index (κ1) is 10.4. The Morgan fingerprint density at radius 3 is 2.69 bits per heavy atom. The van der Waals surface area contributed by atoms with Crippen molar-refractivity contribution in [1.82, 2.24) is 0 Å². The van der Waals surface area contributed by atoms with E-state index in [0.717, 1.165) is 10.5 Å². The molecule has 2 nitrogen and oxygen atoms in total. The van der Waals surface area contributed by atoms with E-state index in [1.165, 1.54) is 11.1 Å². The molecular weight excluding hydrogens is 180 g/mol. The van der Waals surface area contributed by atoms with Crippen LogP contribution in [0.3, 0.4) is 0 Å². The second kappa shape index (κ2) is 5.17. The zero-order valence-corrected chi connectivity index (χ0v) is 10.4. The minimum Gasteiger partial charge on any atom is -0.404 e. The topological polar surface area (TPSA) is 18.5 Å². The lowest BCUT2D eigenvalue weighted by Crippen LogP contribution is -2.11. The van der Waals surface area contributed by atoms with Crippen LogP contribution >= 0.6 is 0 Å². The molecule has 0 amide bonds. The molecule has 1 atom stereocenters. The van der Waals surface area contributed by atoms with Gasteiger partial charge in [0, 0.05) is 0 Å². The van der Waals surface area contributed by atoms with E-state index in [2.05, 4.69) is 19.1 Å². The van der Waals surface area contributed by atoms with E-state index in [4.69, 9.17) is 9.16 Å². The lowest BCUT2D eigenvalue weighted by Gasteiger charge is -2.12. The highest BCUT2D eigenvalue weighted by Crippen LogP contribution is 2.09. The van der Waals surface area contributed by atoms with E-state index in [1.54, 1.807) is 0 Å². The molecule has 0 saturated heterocycles. The van der Waals surface area contributed by atoms with Crippen LogP contribution < -0.4 is 0 Å². The average Bonchev–Trinajstić information content (AvgIpc) is 2.16. The van der Waals surface area contributed by atoms with Crippen molar-refractivity contribution in [2.75, 3.05) is 0 Å². The van der Waals surface area contributed by atoms with Crippen LogP contribution in [0.1, 0.15) is 18.1 Å². The first-order valence-corrected chi connectivity index (χ1v) is 5.24. The van der Waals surface area contributed by atoms with Crippen LogP contribution in [0.15, 0.2) is 24.3 Å². The molecule has 72 valence electrons. The van der Waals surface area contributed by atoms with Crippen LogP contribution in [-0.4, -0.2) is 16.8 Å². The van der Waals surface area contributed by atoms with Gasteiger partial charge in [0.05, 0.1) is 6.61 Å². The molecule has 0 heterocycles. The molecule has 1 aromatic carbocycles. The quantitative estimate of drug-likeness (QED) is 0.531. The largest absolute Gasteiger partial charge is 0.404 e. The summed E-state index contributed by atoms with van der Waals surface area (Å²) in [6.07, 6.45) is -0.0775. The molecule has 0 aliphatic heterocycles. The predicted molar refractivity (Wildman–Crippen MR) is 56.5 cm³/mol. The van der Waals surface area contributed by atoms with Gasteiger partial charge in [0.1, 0.15) is 16.8 Å². The highest BCUT2D eigenvalue weighted by molar-refractivity contribution is 5.98. The summed E-state index contributed by atoms with van der Waals surface area (Å²) >= 11 is 0. The fourth-order valence-electron chi connectivity index (χ4n) is 1.05. The van der Waals surface area contributed by atoms with Gasteiger partial charge in [-0.15, -0.1) is 0 Å². The van der Waals surface area contributed by atoms with Gasteiger partial charge in [0.25, 0.3) is 0 Å². The maximum absolute atomic E-state index is 5.47. The zero-order valence-electron chi connectivity index (χ0n) is 8.41. The molecule has 0 N–H and O–H groups in total. The normalized spacial score (nSPS) is 13.1. The first-order valence-electron chi connectivity index (χ1n) is 4.43. The van der Waals surface area contributed by atoms with Gasteiger partial charge in [-0.25, -0.2) is 0 Å². The van der Waals surface area contributed by atoms with Crippen molar-refractivity contribution < 1.29 is 9.16 Å². The molecule has 3 heteroatoms. The van der Waals surface area contributed by atoms with Gasteiger partial charge in [-0.1, -0.05) is 24.3 Å². The molecule has 0 aromatic heterocycles. The summed E-state index contributed by atoms with van der Waals surface area (Å²) < 4.78 is 10.6. The summed E-state index contributed by atoms with van der Waals surface area (Å²) in [4.78, 5) is 0. The van der Waals surface area contributed by atoms with Crippen molar-refractivity contribution >= 4 is 10.5 Å². The maximum atomic E-state index is 5.47. The van der Waals surface area contributed by atoms with E-state index in [-0.39, 0.29) is 6.29 Å². The molecule has 0 aliphatic rings. The third kappa shape index (κ3) is 3.30. The zero-order chi connectivity index (χ0) is 9.68. The standard InChI is InChI=1S/C10H16O2Si/c1-8-5-3-4-6-10(8)7-11-9(2)12-13/h3-6,9H,7H2,1-2,13H3. The van der Waals surface area contributed by atoms with E-state index in [9.17, 15) is 0 Å². The molecule has 1 rings (SSSR count). The molecule has 0 saturated carbocycles. The van der Waals surface area contributed by atoms with Gasteiger partial charge in [0.2, 0.25) is 0 Å². The number of aryl methyl sites for hydroxylation is 1. The minimum absolute atomic E-state index is 0.0775. The summed E-state index contributed by atoms with van der Waals surface area (Å²) in [7, 11) is 0.723. The summed E-state index contributed by atoms with van der Waals surface area (Å²) in [5.74, 6) is 0. The maximum Gasteiger partial charge on any atom is 0.149 e. The Balaban J connectivity index is 2.50. The van der Waals surface area contributed by atoms with Gasteiger partial charge >= 0.3 is 0 Å². The van der Waals surface area contributed by atoms with E-state index in [1.807, 2.05) is 19.1 Å². The van der Waals surface area contributed by atoms with Gasteiger partial charge in [-0.05, 0) is 25.0 Å². The highest BCUT2D eigenvalue weighted by Gasteiger charge is 2.00. The van der Waals surface area contributed by atoms with Crippen LogP contribution in [0, 0.1) is 6.92 Å². The van der Waals surface area contributed by atoms with E-state index >= 15 is 0 Å². The van der Waals surface area contributed by atoms with Crippen LogP contribution in [0.5, 0.6) is 0 Å². The third-order valence-electron chi connectivity index (χ3n) is 2.07. The van der Waals surface area contributed by atoms with Gasteiger partial charge in [-0.3, -0.25) is 0 Å². The number of ether oxygens (including phenoxy) is 1. The van der Waals surface area contributed by atoms with E-state index < -0.39 is 0 Å². The van der Waals surface area contributed by atoms with Crippen LogP contribution in [-0.2, 0) is 15.8 Å². The summed E-state index contributed by atoms with van der Waals surface area (Å²) in [6, 6.07) is 8.23. The van der Waals surface area contributed by atoms with Gasteiger partial charge in [-0.2, -0.15) is 0 Å². The molecule has 0 bridgehead atoms. The van der Waals surface area contributed by atoms with Crippen LogP contribution in [0.4, 0.5) is 0 Å². The van der Waals surface area contributed by atoms with Gasteiger partial charge < -0.3 is 9.16 Å². The average molecular weight is 196 g/mol. The second-order valence-electron chi connectivity index (χ2n) is 3.04. The first-order chi connectivity index (χ1) is 6.24.